The van der Waals surface area contributed by atoms with Crippen LogP contribution < -0.4 is 11.3 Å². The van der Waals surface area contributed by atoms with Crippen LogP contribution in [0.3, 0.4) is 0 Å². The van der Waals surface area contributed by atoms with E-state index in [1.54, 1.807) is 0 Å². The van der Waals surface area contributed by atoms with Gasteiger partial charge in [-0.2, -0.15) is 0 Å². The van der Waals surface area contributed by atoms with Crippen LogP contribution in [0.1, 0.15) is 12.8 Å². The first-order chi connectivity index (χ1) is 6.85. The number of halogens is 2. The maximum Gasteiger partial charge on any atom is 2.00 e. The van der Waals surface area contributed by atoms with Gasteiger partial charge >= 0.3 is 29.0 Å². The third-order valence-electron chi connectivity index (χ3n) is 1.41. The summed E-state index contributed by atoms with van der Waals surface area (Å²) in [7, 11) is 0. The summed E-state index contributed by atoms with van der Waals surface area (Å²) in [6, 6.07) is 0. The summed E-state index contributed by atoms with van der Waals surface area (Å²) < 4.78 is 7.23. The summed E-state index contributed by atoms with van der Waals surface area (Å²) in [6.07, 6.45) is -2.19. The van der Waals surface area contributed by atoms with Crippen molar-refractivity contribution in [1.29, 1.82) is 0 Å². The summed E-state index contributed by atoms with van der Waals surface area (Å²) in [4.78, 5) is 31.7. The Bertz CT molecular complexity index is 290. The fourth-order valence-electron chi connectivity index (χ4n) is 0.783. The van der Waals surface area contributed by atoms with E-state index < -0.39 is 36.4 Å². The molecular weight excluding hydrogens is 325 g/mol. The van der Waals surface area contributed by atoms with Crippen LogP contribution in [-0.4, -0.2) is 28.6 Å². The zero-order valence-corrected chi connectivity index (χ0v) is 10.7. The molecule has 0 aliphatic rings. The van der Waals surface area contributed by atoms with E-state index in [9.17, 15) is 24.6 Å². The van der Waals surface area contributed by atoms with E-state index in [0.717, 1.165) is 0 Å². The number of aliphatic carboxylic acids is 1. The molecule has 0 bridgehead atoms. The van der Waals surface area contributed by atoms with Crippen LogP contribution in [0, 0.1) is 0 Å². The molecule has 0 aromatic rings. The van der Waals surface area contributed by atoms with Crippen molar-refractivity contribution in [3.05, 3.63) is 0 Å². The normalized spacial score (nSPS) is 12.2. The average molecular weight is 333 g/mol. The Hall–Kier alpha value is -0.571. The molecule has 17 heavy (non-hydrogen) atoms. The van der Waals surface area contributed by atoms with E-state index in [1.165, 1.54) is 0 Å². The van der Waals surface area contributed by atoms with Gasteiger partial charge in [-0.15, -0.1) is 0 Å². The van der Waals surface area contributed by atoms with Gasteiger partial charge in [-0.25, -0.2) is 4.79 Å². The predicted molar refractivity (Wildman–Crippen MR) is 48.1 cm³/mol. The molecule has 1 atom stereocenters. The van der Waals surface area contributed by atoms with Gasteiger partial charge < -0.3 is 29.7 Å². The molecule has 0 amide bonds. The number of carbonyl (C=O) groups is 3. The minimum absolute atomic E-state index is 0. The van der Waals surface area contributed by atoms with Gasteiger partial charge in [0.1, 0.15) is 23.7 Å². The molecule has 0 aromatic carbocycles. The van der Waals surface area contributed by atoms with Crippen LogP contribution in [0.15, 0.2) is 0 Å². The third kappa shape index (κ3) is 7.37. The first-order valence-corrected chi connectivity index (χ1v) is 4.04. The molecule has 0 aliphatic heterocycles. The van der Waals surface area contributed by atoms with Crippen molar-refractivity contribution >= 4 is 41.6 Å². The topological polar surface area (TPSA) is 148 Å². The molecule has 0 radical (unpaired) electrons. The molecule has 1 unspecified atom stereocenters. The molecule has 0 spiro atoms. The van der Waals surface area contributed by atoms with E-state index >= 15 is 0 Å². The molecular formula is C6H8Cl2FeNO7+. The van der Waals surface area contributed by atoms with Crippen LogP contribution in [-0.2, 0) is 40.0 Å². The fraction of sp³-hybridized carbons (Fsp3) is 0.500. The van der Waals surface area contributed by atoms with Crippen LogP contribution in [0.5, 0.6) is 0 Å². The van der Waals surface area contributed by atoms with Crippen molar-refractivity contribution in [3.8, 4) is 0 Å². The maximum absolute atomic E-state index is 10.9. The molecule has 8 nitrogen and oxygen atoms in total. The van der Waals surface area contributed by atoms with Crippen molar-refractivity contribution < 1.29 is 50.2 Å². The van der Waals surface area contributed by atoms with E-state index in [-0.39, 0.29) is 23.2 Å². The summed E-state index contributed by atoms with van der Waals surface area (Å²) in [5, 5.41) is 19.6. The molecule has 0 saturated carbocycles. The second kappa shape index (κ2) is 9.46. The van der Waals surface area contributed by atoms with Gasteiger partial charge in [0.15, 0.2) is 5.60 Å². The van der Waals surface area contributed by atoms with Crippen molar-refractivity contribution in [3.63, 3.8) is 0 Å². The predicted octanol–water partition coefficient (Wildman–Crippen LogP) is -1.20. The average Bonchev–Trinajstić information content (AvgIpc) is 2.14. The van der Waals surface area contributed by atoms with E-state index in [0.29, 0.717) is 0 Å². The molecule has 0 heterocycles. The zero-order valence-electron chi connectivity index (χ0n) is 8.13. The van der Waals surface area contributed by atoms with Crippen molar-refractivity contribution in [1.82, 2.24) is 6.15 Å². The zero-order chi connectivity index (χ0) is 12.1. The quantitative estimate of drug-likeness (QED) is 0.596. The Morgan fingerprint density at radius 3 is 1.94 bits per heavy atom. The van der Waals surface area contributed by atoms with Crippen LogP contribution >= 0.6 is 23.7 Å². The second-order valence-corrected chi connectivity index (χ2v) is 2.88. The number of aliphatic hydroxyl groups is 1. The first kappa shape index (κ1) is 21.7. The minimum Gasteiger partial charge on any atom is -0.550 e. The van der Waals surface area contributed by atoms with Gasteiger partial charge in [0.05, 0.1) is 6.42 Å². The van der Waals surface area contributed by atoms with Crippen molar-refractivity contribution in [2.75, 3.05) is 0 Å². The van der Waals surface area contributed by atoms with Gasteiger partial charge in [0, 0.05) is 12.4 Å². The molecule has 100 valence electrons. The van der Waals surface area contributed by atoms with Crippen LogP contribution in [0.2, 0.25) is 0 Å². The number of carboxylic acids is 1. The first-order valence-electron chi connectivity index (χ1n) is 3.42. The smallest absolute Gasteiger partial charge is 0.550 e. The number of rotatable bonds is 5. The van der Waals surface area contributed by atoms with Gasteiger partial charge in [-0.1, -0.05) is 0 Å². The Morgan fingerprint density at radius 1 is 1.18 bits per heavy atom. The number of carbonyl (C=O) groups excluding carboxylic acids is 3. The van der Waals surface area contributed by atoms with Gasteiger partial charge in [0.2, 0.25) is 0 Å². The molecule has 11 heteroatoms. The molecule has 0 aliphatic carbocycles. The van der Waals surface area contributed by atoms with Crippen molar-refractivity contribution in [2.45, 2.75) is 18.4 Å². The van der Waals surface area contributed by atoms with Gasteiger partial charge in [-0.3, -0.25) is 4.79 Å². The molecule has 0 fully saturated rings. The summed E-state index contributed by atoms with van der Waals surface area (Å²) in [5.41, 5.74) is -2.66. The van der Waals surface area contributed by atoms with Gasteiger partial charge in [-0.05, 0) is 0 Å². The SMILES string of the molecule is N.O=C([O-])CC(O)(CC(=O)OCl)C(=O)OCl.[Fe+2]. The van der Waals surface area contributed by atoms with E-state index in [4.69, 9.17) is 0 Å². The van der Waals surface area contributed by atoms with Crippen molar-refractivity contribution in [2.24, 2.45) is 0 Å². The molecule has 0 aromatic heterocycles. The van der Waals surface area contributed by atoms with E-state index in [1.807, 2.05) is 0 Å². The number of hydrogen-bond acceptors (Lipinski definition) is 8. The molecule has 0 rings (SSSR count). The minimum atomic E-state index is -2.66. The Balaban J connectivity index is -0.000000980. The van der Waals surface area contributed by atoms with Gasteiger partial charge in [0.25, 0.3) is 0 Å². The summed E-state index contributed by atoms with van der Waals surface area (Å²) in [5.74, 6) is -4.51. The standard InChI is InChI=1S/C6H6Cl2O7.Fe.H3N/c7-14-4(11)2-6(13,1-3(9)10)5(12)15-8;;/h13H,1-2H2,(H,9,10);;1H3/q;+2;/p-1. The molecule has 0 saturated heterocycles. The number of hydrogen-bond donors (Lipinski definition) is 2. The second-order valence-electron chi connectivity index (χ2n) is 2.57. The summed E-state index contributed by atoms with van der Waals surface area (Å²) >= 11 is 9.27. The van der Waals surface area contributed by atoms with E-state index in [2.05, 4.69) is 32.3 Å². The fourth-order valence-corrected chi connectivity index (χ4v) is 0.982. The Morgan fingerprint density at radius 2 is 1.65 bits per heavy atom. The molecule has 4 N–H and O–H groups in total. The monoisotopic (exact) mass is 332 g/mol. The van der Waals surface area contributed by atoms with Crippen LogP contribution in [0.25, 0.3) is 0 Å². The Labute approximate surface area is 117 Å². The third-order valence-corrected chi connectivity index (χ3v) is 1.72. The van der Waals surface area contributed by atoms with Crippen LogP contribution in [0.4, 0.5) is 0 Å². The number of carboxylic acid groups (broad SMARTS) is 1. The maximum atomic E-state index is 10.9. The summed E-state index contributed by atoms with van der Waals surface area (Å²) in [6.45, 7) is 0. The largest absolute Gasteiger partial charge is 2.00 e. The Kier molecular flexibility index (Phi) is 12.1.